The average Bonchev–Trinajstić information content (AvgIpc) is 2.76. The van der Waals surface area contributed by atoms with Crippen LogP contribution in [0.5, 0.6) is 11.8 Å². The van der Waals surface area contributed by atoms with E-state index in [0.717, 1.165) is 5.69 Å². The summed E-state index contributed by atoms with van der Waals surface area (Å²) in [4.78, 5) is 8.54. The Morgan fingerprint density at radius 1 is 1.42 bits per heavy atom. The van der Waals surface area contributed by atoms with E-state index in [1.165, 1.54) is 0 Å². The lowest BCUT2D eigenvalue weighted by Crippen LogP contribution is -2.13. The van der Waals surface area contributed by atoms with E-state index in [9.17, 15) is 0 Å². The first-order valence-electron chi connectivity index (χ1n) is 5.83. The highest BCUT2D eigenvalue weighted by Crippen LogP contribution is 2.19. The Bertz CT molecular complexity index is 608. The lowest BCUT2D eigenvalue weighted by atomic mass is 10.3. The summed E-state index contributed by atoms with van der Waals surface area (Å²) < 4.78 is 7.35. The van der Waals surface area contributed by atoms with Crippen molar-refractivity contribution in [3.05, 3.63) is 29.8 Å². The maximum atomic E-state index is 5.56. The highest BCUT2D eigenvalue weighted by molar-refractivity contribution is 7.80. The zero-order valence-corrected chi connectivity index (χ0v) is 11.8. The molecule has 0 saturated heterocycles. The molecule has 7 heteroatoms. The Hall–Kier alpha value is -2.02. The maximum absolute atomic E-state index is 5.56. The molecular formula is C12H15N5OS. The molecular weight excluding hydrogens is 262 g/mol. The van der Waals surface area contributed by atoms with Crippen molar-refractivity contribution in [1.82, 2.24) is 19.7 Å². The molecule has 0 unspecified atom stereocenters. The first-order valence-corrected chi connectivity index (χ1v) is 6.24. The molecule has 0 amide bonds. The van der Waals surface area contributed by atoms with Gasteiger partial charge in [-0.2, -0.15) is 10.1 Å². The summed E-state index contributed by atoms with van der Waals surface area (Å²) >= 11 is 4.90. The van der Waals surface area contributed by atoms with Gasteiger partial charge in [-0.1, -0.05) is 12.2 Å². The zero-order chi connectivity index (χ0) is 14.0. The third-order valence-electron chi connectivity index (χ3n) is 2.40. The van der Waals surface area contributed by atoms with Crippen LogP contribution in [-0.4, -0.2) is 24.7 Å². The number of rotatable bonds is 4. The van der Waals surface area contributed by atoms with Gasteiger partial charge in [0.1, 0.15) is 10.7 Å². The van der Waals surface area contributed by atoms with Gasteiger partial charge in [-0.25, -0.2) is 4.98 Å². The van der Waals surface area contributed by atoms with Gasteiger partial charge in [-0.3, -0.25) is 4.68 Å². The second kappa shape index (κ2) is 5.31. The van der Waals surface area contributed by atoms with Crippen molar-refractivity contribution in [1.29, 1.82) is 0 Å². The number of hydrogen-bond acceptors (Lipinski definition) is 5. The summed E-state index contributed by atoms with van der Waals surface area (Å²) in [5, 5.41) is 4.18. The topological polar surface area (TPSA) is 78.9 Å². The summed E-state index contributed by atoms with van der Waals surface area (Å²) in [7, 11) is 0. The smallest absolute Gasteiger partial charge is 0.322 e. The van der Waals surface area contributed by atoms with E-state index < -0.39 is 0 Å². The van der Waals surface area contributed by atoms with Crippen LogP contribution < -0.4 is 10.5 Å². The third-order valence-corrected chi connectivity index (χ3v) is 2.61. The quantitative estimate of drug-likeness (QED) is 0.861. The SMILES string of the molecule is Cc1cc(C(N)=S)nc(Oc2cnn(C(C)C)c2)n1. The van der Waals surface area contributed by atoms with E-state index in [2.05, 4.69) is 15.1 Å². The molecule has 0 spiro atoms. The van der Waals surface area contributed by atoms with Gasteiger partial charge in [0.15, 0.2) is 5.75 Å². The Balaban J connectivity index is 2.24. The molecule has 2 heterocycles. The molecule has 0 bridgehead atoms. The normalized spacial score (nSPS) is 10.7. The number of ether oxygens (including phenoxy) is 1. The largest absolute Gasteiger partial charge is 0.421 e. The van der Waals surface area contributed by atoms with Gasteiger partial charge in [0.25, 0.3) is 0 Å². The predicted octanol–water partition coefficient (Wildman–Crippen LogP) is 1.99. The average molecular weight is 277 g/mol. The fourth-order valence-corrected chi connectivity index (χ4v) is 1.58. The van der Waals surface area contributed by atoms with Crippen molar-refractivity contribution >= 4 is 17.2 Å². The molecule has 0 saturated carbocycles. The Kier molecular flexibility index (Phi) is 3.75. The second-order valence-electron chi connectivity index (χ2n) is 4.39. The fourth-order valence-electron chi connectivity index (χ4n) is 1.47. The molecule has 2 rings (SSSR count). The number of thiocarbonyl (C=S) groups is 1. The minimum Gasteiger partial charge on any atom is -0.421 e. The highest BCUT2D eigenvalue weighted by Gasteiger charge is 2.09. The number of aromatic nitrogens is 4. The lowest BCUT2D eigenvalue weighted by molar-refractivity contribution is 0.437. The van der Waals surface area contributed by atoms with E-state index in [4.69, 9.17) is 22.7 Å². The molecule has 0 aliphatic rings. The number of nitrogens with zero attached hydrogens (tertiary/aromatic N) is 4. The maximum Gasteiger partial charge on any atom is 0.322 e. The van der Waals surface area contributed by atoms with Gasteiger partial charge in [-0.15, -0.1) is 0 Å². The molecule has 2 aromatic rings. The van der Waals surface area contributed by atoms with E-state index in [1.54, 1.807) is 23.1 Å². The van der Waals surface area contributed by atoms with Gasteiger partial charge in [0.05, 0.1) is 12.4 Å². The molecule has 0 aliphatic heterocycles. The summed E-state index contributed by atoms with van der Waals surface area (Å²) in [5.74, 6) is 0.577. The summed E-state index contributed by atoms with van der Waals surface area (Å²) in [6.45, 7) is 5.89. The predicted molar refractivity (Wildman–Crippen MR) is 75.3 cm³/mol. The van der Waals surface area contributed by atoms with Crippen LogP contribution in [0.25, 0.3) is 0 Å². The van der Waals surface area contributed by atoms with Crippen molar-refractivity contribution in [3.8, 4) is 11.8 Å². The number of aryl methyl sites for hydroxylation is 1. The first kappa shape index (κ1) is 13.4. The molecule has 100 valence electrons. The van der Waals surface area contributed by atoms with E-state index in [1.807, 2.05) is 20.8 Å². The molecule has 0 aliphatic carbocycles. The summed E-state index contributed by atoms with van der Waals surface area (Å²) in [6, 6.07) is 2.20. The summed E-state index contributed by atoms with van der Waals surface area (Å²) in [6.07, 6.45) is 3.41. The van der Waals surface area contributed by atoms with E-state index >= 15 is 0 Å². The minimum absolute atomic E-state index is 0.214. The lowest BCUT2D eigenvalue weighted by Gasteiger charge is -2.05. The number of hydrogen-bond donors (Lipinski definition) is 1. The van der Waals surface area contributed by atoms with Gasteiger partial charge < -0.3 is 10.5 Å². The van der Waals surface area contributed by atoms with Crippen LogP contribution in [-0.2, 0) is 0 Å². The van der Waals surface area contributed by atoms with Crippen LogP contribution >= 0.6 is 12.2 Å². The van der Waals surface area contributed by atoms with Crippen molar-refractivity contribution < 1.29 is 4.74 Å². The molecule has 0 aromatic carbocycles. The molecule has 0 atom stereocenters. The molecule has 0 fully saturated rings. The molecule has 0 radical (unpaired) electrons. The molecule has 6 nitrogen and oxygen atoms in total. The first-order chi connectivity index (χ1) is 8.95. The monoisotopic (exact) mass is 277 g/mol. The standard InChI is InChI=1S/C12H15N5OS/c1-7(2)17-6-9(5-14-17)18-12-15-8(3)4-10(16-12)11(13)19/h4-7H,1-3H3,(H2,13,19). The van der Waals surface area contributed by atoms with Crippen molar-refractivity contribution in [2.75, 3.05) is 0 Å². The van der Waals surface area contributed by atoms with Crippen LogP contribution in [0.3, 0.4) is 0 Å². The fraction of sp³-hybridized carbons (Fsp3) is 0.333. The second-order valence-corrected chi connectivity index (χ2v) is 4.83. The van der Waals surface area contributed by atoms with Crippen molar-refractivity contribution in [2.24, 2.45) is 5.73 Å². The third kappa shape index (κ3) is 3.25. The summed E-state index contributed by atoms with van der Waals surface area (Å²) in [5.41, 5.74) is 6.79. The Labute approximate surface area is 116 Å². The van der Waals surface area contributed by atoms with Gasteiger partial charge >= 0.3 is 6.01 Å². The number of nitrogens with two attached hydrogens (primary N) is 1. The van der Waals surface area contributed by atoms with Gasteiger partial charge in [0, 0.05) is 11.7 Å². The zero-order valence-electron chi connectivity index (χ0n) is 11.0. The molecule has 2 N–H and O–H groups in total. The van der Waals surface area contributed by atoms with Crippen LogP contribution in [0.1, 0.15) is 31.3 Å². The molecule has 2 aromatic heterocycles. The van der Waals surface area contributed by atoms with Gasteiger partial charge in [0.2, 0.25) is 0 Å². The van der Waals surface area contributed by atoms with Crippen LogP contribution in [0.4, 0.5) is 0 Å². The van der Waals surface area contributed by atoms with Crippen LogP contribution in [0.15, 0.2) is 18.5 Å². The highest BCUT2D eigenvalue weighted by atomic mass is 32.1. The van der Waals surface area contributed by atoms with Crippen LogP contribution in [0.2, 0.25) is 0 Å². The van der Waals surface area contributed by atoms with Crippen molar-refractivity contribution in [3.63, 3.8) is 0 Å². The minimum atomic E-state index is 0.214. The van der Waals surface area contributed by atoms with Gasteiger partial charge in [-0.05, 0) is 26.8 Å². The Morgan fingerprint density at radius 2 is 2.16 bits per heavy atom. The molecule has 19 heavy (non-hydrogen) atoms. The Morgan fingerprint density at radius 3 is 2.74 bits per heavy atom. The van der Waals surface area contributed by atoms with Crippen molar-refractivity contribution in [2.45, 2.75) is 26.8 Å². The van der Waals surface area contributed by atoms with E-state index in [0.29, 0.717) is 11.4 Å². The van der Waals surface area contributed by atoms with Crippen LogP contribution in [0, 0.1) is 6.92 Å². The van der Waals surface area contributed by atoms with E-state index in [-0.39, 0.29) is 17.0 Å².